The van der Waals surface area contributed by atoms with Gasteiger partial charge in [-0.05, 0) is 50.0 Å². The van der Waals surface area contributed by atoms with Crippen molar-refractivity contribution in [3.63, 3.8) is 0 Å². The summed E-state index contributed by atoms with van der Waals surface area (Å²) in [5.41, 5.74) is 3.44. The van der Waals surface area contributed by atoms with Gasteiger partial charge in [-0.15, -0.1) is 0 Å². The Morgan fingerprint density at radius 1 is 1.20 bits per heavy atom. The van der Waals surface area contributed by atoms with E-state index in [2.05, 4.69) is 40.4 Å². The topological polar surface area (TPSA) is 38.7 Å². The Morgan fingerprint density at radius 3 is 2.12 bits per heavy atom. The van der Waals surface area contributed by atoms with E-state index in [1.165, 1.54) is 0 Å². The van der Waals surface area contributed by atoms with E-state index in [9.17, 15) is 5.11 Å². The molecule has 5 heteroatoms. The van der Waals surface area contributed by atoms with Gasteiger partial charge in [0.1, 0.15) is 11.5 Å². The number of aliphatic hydroxyl groups is 1. The first-order chi connectivity index (χ1) is 11.2. The van der Waals surface area contributed by atoms with Crippen molar-refractivity contribution in [2.24, 2.45) is 0 Å². The summed E-state index contributed by atoms with van der Waals surface area (Å²) < 4.78 is 12.2. The van der Waals surface area contributed by atoms with Gasteiger partial charge >= 0.3 is 0 Å². The Balaban J connectivity index is 3.63. The summed E-state index contributed by atoms with van der Waals surface area (Å²) in [6, 6.07) is 0. The molecule has 1 aromatic carbocycles. The van der Waals surface area contributed by atoms with Gasteiger partial charge in [-0.2, -0.15) is 0 Å². The molecule has 0 aliphatic rings. The van der Waals surface area contributed by atoms with E-state index in [0.29, 0.717) is 22.8 Å². The van der Waals surface area contributed by atoms with Crippen LogP contribution in [0.3, 0.4) is 0 Å². The van der Waals surface area contributed by atoms with E-state index in [0.717, 1.165) is 22.4 Å². The molecule has 0 saturated heterocycles. The minimum absolute atomic E-state index is 0.0343. The number of hydrogen-bond acceptors (Lipinski definition) is 3. The highest BCUT2D eigenvalue weighted by atomic mass is 35.5. The molecular weight excluding hydrogens is 352 g/mol. The van der Waals surface area contributed by atoms with Crippen LogP contribution < -0.4 is 9.16 Å². The normalized spacial score (nSPS) is 13.6. The Bertz CT molecular complexity index is 660. The van der Waals surface area contributed by atoms with Crippen molar-refractivity contribution >= 4 is 19.9 Å². The van der Waals surface area contributed by atoms with Gasteiger partial charge in [-0.3, -0.25) is 0 Å². The van der Waals surface area contributed by atoms with Crippen LogP contribution in [0.15, 0.2) is 12.2 Å². The fraction of sp³-hybridized carbons (Fsp3) is 0.600. The predicted octanol–water partition coefficient (Wildman–Crippen LogP) is 5.83. The zero-order valence-corrected chi connectivity index (χ0v) is 18.9. The average Bonchev–Trinajstić information content (AvgIpc) is 2.48. The van der Waals surface area contributed by atoms with Crippen LogP contribution in [0.2, 0.25) is 23.2 Å². The zero-order valence-electron chi connectivity index (χ0n) is 17.1. The SMILES string of the molecule is C=C(C)C(O)Cc1c(OC)c(C)c(C)c(Cl)c1O[Si](C)(C)C(C)(C)C. The number of rotatable bonds is 6. The summed E-state index contributed by atoms with van der Waals surface area (Å²) in [4.78, 5) is 0. The van der Waals surface area contributed by atoms with E-state index < -0.39 is 14.4 Å². The monoisotopic (exact) mass is 384 g/mol. The summed E-state index contributed by atoms with van der Waals surface area (Å²) in [5.74, 6) is 1.38. The second-order valence-electron chi connectivity index (χ2n) is 8.33. The number of hydrogen-bond donors (Lipinski definition) is 1. The van der Waals surface area contributed by atoms with E-state index >= 15 is 0 Å². The zero-order chi connectivity index (χ0) is 19.7. The third-order valence-electron chi connectivity index (χ3n) is 5.31. The molecule has 0 spiro atoms. The van der Waals surface area contributed by atoms with Gasteiger partial charge in [0.2, 0.25) is 0 Å². The largest absolute Gasteiger partial charge is 0.542 e. The first-order valence-electron chi connectivity index (χ1n) is 8.62. The fourth-order valence-electron chi connectivity index (χ4n) is 2.31. The molecule has 3 nitrogen and oxygen atoms in total. The van der Waals surface area contributed by atoms with Crippen molar-refractivity contribution in [3.05, 3.63) is 33.9 Å². The Kier molecular flexibility index (Phi) is 6.82. The van der Waals surface area contributed by atoms with Gasteiger partial charge in [-0.1, -0.05) is 44.5 Å². The van der Waals surface area contributed by atoms with Crippen molar-refractivity contribution in [2.75, 3.05) is 7.11 Å². The van der Waals surface area contributed by atoms with Crippen LogP contribution in [0.25, 0.3) is 0 Å². The smallest absolute Gasteiger partial charge is 0.250 e. The van der Waals surface area contributed by atoms with Gasteiger partial charge in [0.25, 0.3) is 8.32 Å². The van der Waals surface area contributed by atoms with E-state index in [4.69, 9.17) is 20.8 Å². The van der Waals surface area contributed by atoms with Crippen LogP contribution >= 0.6 is 11.6 Å². The van der Waals surface area contributed by atoms with Gasteiger partial charge in [0.15, 0.2) is 0 Å². The molecule has 0 saturated carbocycles. The molecule has 0 heterocycles. The minimum Gasteiger partial charge on any atom is -0.542 e. The summed E-state index contributed by atoms with van der Waals surface area (Å²) in [7, 11) is -0.465. The number of benzene rings is 1. The molecule has 1 aromatic rings. The molecular formula is C20H33ClO3Si. The molecule has 0 bridgehead atoms. The fourth-order valence-corrected chi connectivity index (χ4v) is 3.71. The minimum atomic E-state index is -2.11. The van der Waals surface area contributed by atoms with Gasteiger partial charge in [-0.25, -0.2) is 0 Å². The molecule has 0 aromatic heterocycles. The number of aliphatic hydroxyl groups excluding tert-OH is 1. The lowest BCUT2D eigenvalue weighted by atomic mass is 9.96. The highest BCUT2D eigenvalue weighted by molar-refractivity contribution is 6.74. The molecule has 1 rings (SSSR count). The lowest BCUT2D eigenvalue weighted by Gasteiger charge is -2.38. The van der Waals surface area contributed by atoms with E-state index in [1.54, 1.807) is 7.11 Å². The van der Waals surface area contributed by atoms with Gasteiger partial charge in [0, 0.05) is 12.0 Å². The van der Waals surface area contributed by atoms with Crippen molar-refractivity contribution in [1.82, 2.24) is 0 Å². The third-order valence-corrected chi connectivity index (χ3v) is 10.1. The lowest BCUT2D eigenvalue weighted by molar-refractivity contribution is 0.209. The summed E-state index contributed by atoms with van der Waals surface area (Å²) in [6.45, 7) is 20.6. The maximum atomic E-state index is 10.4. The third kappa shape index (κ3) is 4.60. The van der Waals surface area contributed by atoms with Crippen LogP contribution in [-0.4, -0.2) is 26.6 Å². The van der Waals surface area contributed by atoms with Crippen molar-refractivity contribution in [3.8, 4) is 11.5 Å². The quantitative estimate of drug-likeness (QED) is 0.495. The summed E-state index contributed by atoms with van der Waals surface area (Å²) >= 11 is 6.69. The van der Waals surface area contributed by atoms with Gasteiger partial charge in [0.05, 0.1) is 18.2 Å². The second-order valence-corrected chi connectivity index (χ2v) is 13.4. The maximum absolute atomic E-state index is 10.4. The molecule has 142 valence electrons. The molecule has 0 amide bonds. The highest BCUT2D eigenvalue weighted by Gasteiger charge is 2.40. The molecule has 1 unspecified atom stereocenters. The average molecular weight is 385 g/mol. The lowest BCUT2D eigenvalue weighted by Crippen LogP contribution is -2.44. The first-order valence-corrected chi connectivity index (χ1v) is 11.9. The van der Waals surface area contributed by atoms with Crippen molar-refractivity contribution in [2.45, 2.75) is 72.2 Å². The Morgan fingerprint density at radius 2 is 1.72 bits per heavy atom. The van der Waals surface area contributed by atoms with Crippen LogP contribution in [0.5, 0.6) is 11.5 Å². The number of methoxy groups -OCH3 is 1. The van der Waals surface area contributed by atoms with E-state index in [1.807, 2.05) is 20.8 Å². The Hall–Kier alpha value is -0.973. The highest BCUT2D eigenvalue weighted by Crippen LogP contribution is 2.46. The predicted molar refractivity (Wildman–Crippen MR) is 110 cm³/mol. The maximum Gasteiger partial charge on any atom is 0.250 e. The second kappa shape index (κ2) is 7.73. The molecule has 0 fully saturated rings. The van der Waals surface area contributed by atoms with E-state index in [-0.39, 0.29) is 5.04 Å². The van der Waals surface area contributed by atoms with Crippen LogP contribution in [0.4, 0.5) is 0 Å². The first kappa shape index (κ1) is 22.1. The van der Waals surface area contributed by atoms with Crippen LogP contribution in [0.1, 0.15) is 44.4 Å². The Labute approximate surface area is 159 Å². The van der Waals surface area contributed by atoms with Crippen LogP contribution in [0, 0.1) is 13.8 Å². The molecule has 1 atom stereocenters. The van der Waals surface area contributed by atoms with Crippen LogP contribution in [-0.2, 0) is 6.42 Å². The molecule has 25 heavy (non-hydrogen) atoms. The van der Waals surface area contributed by atoms with Crippen molar-refractivity contribution in [1.29, 1.82) is 0 Å². The number of halogens is 1. The molecule has 0 aliphatic heterocycles. The molecule has 0 radical (unpaired) electrons. The van der Waals surface area contributed by atoms with Crippen molar-refractivity contribution < 1.29 is 14.3 Å². The van der Waals surface area contributed by atoms with Gasteiger partial charge < -0.3 is 14.3 Å². The molecule has 1 N–H and O–H groups in total. The molecule has 0 aliphatic carbocycles. The summed E-state index contributed by atoms with van der Waals surface area (Å²) in [6.07, 6.45) is -0.308. The summed E-state index contributed by atoms with van der Waals surface area (Å²) in [5, 5.41) is 11.0. The number of ether oxygens (including phenoxy) is 1. The standard InChI is InChI=1S/C20H33ClO3Si/c1-12(2)16(22)11-15-18(23-8)14(4)13(3)17(21)19(15)24-25(9,10)20(5,6)7/h16,22H,1,11H2,2-10H3.